The van der Waals surface area contributed by atoms with Gasteiger partial charge in [-0.15, -0.1) is 0 Å². The molecule has 32 heavy (non-hydrogen) atoms. The van der Waals surface area contributed by atoms with Gasteiger partial charge in [0.15, 0.2) is 16.6 Å². The molecule has 0 saturated heterocycles. The van der Waals surface area contributed by atoms with E-state index in [1.165, 1.54) is 12.2 Å². The lowest BCUT2D eigenvalue weighted by atomic mass is 10.2. The molecule has 0 unspecified atom stereocenters. The van der Waals surface area contributed by atoms with Gasteiger partial charge >= 0.3 is 11.9 Å². The predicted octanol–water partition coefficient (Wildman–Crippen LogP) is 6.01. The summed E-state index contributed by atoms with van der Waals surface area (Å²) in [6.45, 7) is 25.7. The smallest absolute Gasteiger partial charge is 0.330 e. The standard InChI is InChI=1S/C24H46O6Si2/c1-13-27-21(25)17-15-19(29-31(9,10)23(3,4)5)20(16-18-22(26)28-14-2)30-32(11,12)24(6,7)8/h15-20H,13-14H2,1-12H3/b17-15+,18-16+/t19-,20-/m1/s1. The Morgan fingerprint density at radius 2 is 0.969 bits per heavy atom. The summed E-state index contributed by atoms with van der Waals surface area (Å²) in [5, 5.41) is -0.0925. The van der Waals surface area contributed by atoms with E-state index < -0.39 is 40.8 Å². The van der Waals surface area contributed by atoms with E-state index in [4.69, 9.17) is 18.3 Å². The highest BCUT2D eigenvalue weighted by atomic mass is 28.4. The van der Waals surface area contributed by atoms with Crippen LogP contribution < -0.4 is 0 Å². The van der Waals surface area contributed by atoms with Crippen LogP contribution in [0.25, 0.3) is 0 Å². The molecular formula is C24H46O6Si2. The highest BCUT2D eigenvalue weighted by Crippen LogP contribution is 2.40. The van der Waals surface area contributed by atoms with Gasteiger partial charge in [0.25, 0.3) is 0 Å². The Kier molecular flexibility index (Phi) is 11.8. The van der Waals surface area contributed by atoms with Gasteiger partial charge in [0.1, 0.15) is 0 Å². The van der Waals surface area contributed by atoms with Crippen molar-refractivity contribution in [3.8, 4) is 0 Å². The molecule has 0 N–H and O–H groups in total. The van der Waals surface area contributed by atoms with E-state index in [0.717, 1.165) is 0 Å². The monoisotopic (exact) mass is 486 g/mol. The third kappa shape index (κ3) is 10.1. The van der Waals surface area contributed by atoms with Crippen molar-refractivity contribution in [1.29, 1.82) is 0 Å². The number of carbonyl (C=O) groups is 2. The second-order valence-corrected chi connectivity index (χ2v) is 20.4. The molecule has 0 amide bonds. The SMILES string of the molecule is CCOC(=O)/C=C/[C@@H](O[Si](C)(C)C(C)(C)C)[C@@H](/C=C/C(=O)OCC)O[Si](C)(C)C(C)(C)C. The van der Waals surface area contributed by atoms with E-state index in [0.29, 0.717) is 13.2 Å². The van der Waals surface area contributed by atoms with Gasteiger partial charge in [-0.2, -0.15) is 0 Å². The van der Waals surface area contributed by atoms with Crippen LogP contribution in [0.5, 0.6) is 0 Å². The van der Waals surface area contributed by atoms with Crippen LogP contribution in [0.1, 0.15) is 55.4 Å². The van der Waals surface area contributed by atoms with Crippen LogP contribution in [0.15, 0.2) is 24.3 Å². The summed E-state index contributed by atoms with van der Waals surface area (Å²) in [6.07, 6.45) is 5.07. The molecule has 186 valence electrons. The van der Waals surface area contributed by atoms with Crippen LogP contribution in [0.2, 0.25) is 36.3 Å². The second-order valence-electron chi connectivity index (χ2n) is 10.9. The quantitative estimate of drug-likeness (QED) is 0.202. The molecule has 0 bridgehead atoms. The maximum atomic E-state index is 12.1. The van der Waals surface area contributed by atoms with Gasteiger partial charge in [-0.1, -0.05) is 41.5 Å². The van der Waals surface area contributed by atoms with Crippen molar-refractivity contribution in [2.24, 2.45) is 0 Å². The van der Waals surface area contributed by atoms with Crippen LogP contribution in [-0.4, -0.2) is 54.0 Å². The molecule has 0 fully saturated rings. The number of rotatable bonds is 11. The van der Waals surface area contributed by atoms with E-state index in [1.807, 2.05) is 0 Å². The zero-order chi connectivity index (χ0) is 25.4. The third-order valence-electron chi connectivity index (χ3n) is 6.21. The summed E-state index contributed by atoms with van der Waals surface area (Å²) in [6, 6.07) is 0. The van der Waals surface area contributed by atoms with Crippen LogP contribution >= 0.6 is 0 Å². The average Bonchev–Trinajstić information content (AvgIpc) is 2.60. The molecule has 2 atom stereocenters. The van der Waals surface area contributed by atoms with Gasteiger partial charge in [0, 0.05) is 12.2 Å². The van der Waals surface area contributed by atoms with Crippen LogP contribution in [0.3, 0.4) is 0 Å². The Labute approximate surface area is 198 Å². The van der Waals surface area contributed by atoms with Crippen molar-refractivity contribution >= 4 is 28.6 Å². The van der Waals surface area contributed by atoms with E-state index in [-0.39, 0.29) is 10.1 Å². The first-order valence-electron chi connectivity index (χ1n) is 11.4. The molecule has 0 saturated carbocycles. The number of carbonyl (C=O) groups excluding carboxylic acids is 2. The number of hydrogen-bond acceptors (Lipinski definition) is 6. The highest BCUT2D eigenvalue weighted by Gasteiger charge is 2.43. The molecule has 0 aliphatic carbocycles. The molecule has 6 nitrogen and oxygen atoms in total. The molecule has 0 radical (unpaired) electrons. The van der Waals surface area contributed by atoms with Gasteiger partial charge in [-0.3, -0.25) is 0 Å². The first-order valence-corrected chi connectivity index (χ1v) is 17.2. The van der Waals surface area contributed by atoms with E-state index in [1.54, 1.807) is 26.0 Å². The third-order valence-corrected chi connectivity index (χ3v) is 15.2. The van der Waals surface area contributed by atoms with E-state index in [9.17, 15) is 9.59 Å². The summed E-state index contributed by atoms with van der Waals surface area (Å²) in [7, 11) is -4.46. The largest absolute Gasteiger partial charge is 0.463 e. The predicted molar refractivity (Wildman–Crippen MR) is 136 cm³/mol. The lowest BCUT2D eigenvalue weighted by Gasteiger charge is -2.43. The Morgan fingerprint density at radius 1 is 0.688 bits per heavy atom. The normalized spacial score (nSPS) is 15.8. The van der Waals surface area contributed by atoms with Crippen LogP contribution in [0.4, 0.5) is 0 Å². The Bertz CT molecular complexity index is 611. The summed E-state index contributed by atoms with van der Waals surface area (Å²) in [5.41, 5.74) is 0. The molecule has 0 heterocycles. The van der Waals surface area contributed by atoms with E-state index >= 15 is 0 Å². The van der Waals surface area contributed by atoms with Gasteiger partial charge in [-0.25, -0.2) is 9.59 Å². The zero-order valence-corrected chi connectivity index (χ0v) is 24.3. The van der Waals surface area contributed by atoms with Crippen LogP contribution in [-0.2, 0) is 27.9 Å². The Morgan fingerprint density at radius 3 is 1.19 bits per heavy atom. The Balaban J connectivity index is 6.32. The molecule has 0 aromatic carbocycles. The number of hydrogen-bond donors (Lipinski definition) is 0. The maximum absolute atomic E-state index is 12.1. The zero-order valence-electron chi connectivity index (χ0n) is 22.3. The van der Waals surface area contributed by atoms with Crippen molar-refractivity contribution in [2.45, 2.75) is 104 Å². The minimum atomic E-state index is -2.23. The molecule has 0 aliphatic heterocycles. The van der Waals surface area contributed by atoms with Crippen molar-refractivity contribution in [2.75, 3.05) is 13.2 Å². The van der Waals surface area contributed by atoms with Gasteiger partial charge in [0.2, 0.25) is 0 Å². The first kappa shape index (κ1) is 30.8. The van der Waals surface area contributed by atoms with Gasteiger partial charge in [-0.05, 0) is 62.3 Å². The lowest BCUT2D eigenvalue weighted by molar-refractivity contribution is -0.138. The lowest BCUT2D eigenvalue weighted by Crippen LogP contribution is -2.51. The fourth-order valence-electron chi connectivity index (χ4n) is 2.19. The minimum absolute atomic E-state index is 0.0462. The van der Waals surface area contributed by atoms with Gasteiger partial charge in [0.05, 0.1) is 25.4 Å². The van der Waals surface area contributed by atoms with Crippen molar-refractivity contribution in [3.63, 3.8) is 0 Å². The molecule has 0 rings (SSSR count). The molecule has 0 aromatic heterocycles. The molecule has 8 heteroatoms. The van der Waals surface area contributed by atoms with Gasteiger partial charge < -0.3 is 18.3 Å². The molecular weight excluding hydrogens is 440 g/mol. The fourth-order valence-corrected chi connectivity index (χ4v) is 4.69. The minimum Gasteiger partial charge on any atom is -0.463 e. The average molecular weight is 487 g/mol. The molecule has 0 aliphatic rings. The highest BCUT2D eigenvalue weighted by molar-refractivity contribution is 6.74. The summed E-state index contributed by atoms with van der Waals surface area (Å²) >= 11 is 0. The summed E-state index contributed by atoms with van der Waals surface area (Å²) in [4.78, 5) is 24.1. The second kappa shape index (κ2) is 12.3. The van der Waals surface area contributed by atoms with Crippen LogP contribution in [0, 0.1) is 0 Å². The maximum Gasteiger partial charge on any atom is 0.330 e. The summed E-state index contributed by atoms with van der Waals surface area (Å²) < 4.78 is 23.5. The topological polar surface area (TPSA) is 71.1 Å². The molecule has 0 spiro atoms. The Hall–Kier alpha value is -1.23. The van der Waals surface area contributed by atoms with E-state index in [2.05, 4.69) is 67.7 Å². The number of ether oxygens (including phenoxy) is 2. The first-order chi connectivity index (χ1) is 14.4. The fraction of sp³-hybridized carbons (Fsp3) is 0.750. The molecule has 0 aromatic rings. The summed E-state index contributed by atoms with van der Waals surface area (Å²) in [5.74, 6) is -0.867. The van der Waals surface area contributed by atoms with Crippen molar-refractivity contribution in [3.05, 3.63) is 24.3 Å². The number of esters is 2. The van der Waals surface area contributed by atoms with Crippen molar-refractivity contribution < 1.29 is 27.9 Å². The van der Waals surface area contributed by atoms with Crippen molar-refractivity contribution in [1.82, 2.24) is 0 Å².